The number of halogens is 1. The predicted octanol–water partition coefficient (Wildman–Crippen LogP) is 2.88. The number of hydrogen-bond acceptors (Lipinski definition) is 6. The molecule has 146 valence electrons. The normalized spacial score (nSPS) is 17.2. The van der Waals surface area contributed by atoms with E-state index in [1.807, 2.05) is 12.1 Å². The first kappa shape index (κ1) is 19.7. The molecule has 1 aliphatic rings. The van der Waals surface area contributed by atoms with Crippen molar-refractivity contribution in [3.63, 3.8) is 0 Å². The van der Waals surface area contributed by atoms with Gasteiger partial charge in [-0.3, -0.25) is 4.79 Å². The summed E-state index contributed by atoms with van der Waals surface area (Å²) in [6.07, 6.45) is 0.938. The average Bonchev–Trinajstić information content (AvgIpc) is 3.29. The lowest BCUT2D eigenvalue weighted by molar-refractivity contribution is 0.0939. The Morgan fingerprint density at radius 3 is 2.85 bits per heavy atom. The van der Waals surface area contributed by atoms with Crippen molar-refractivity contribution in [1.29, 1.82) is 0 Å². The minimum Gasteiger partial charge on any atom is -0.383 e. The molecule has 1 aromatic carbocycles. The molecule has 1 atom stereocenters. The zero-order valence-corrected chi connectivity index (χ0v) is 16.4. The van der Waals surface area contributed by atoms with Gasteiger partial charge in [-0.1, -0.05) is 23.7 Å². The van der Waals surface area contributed by atoms with Crippen LogP contribution in [0.15, 0.2) is 28.8 Å². The number of carbonyl (C=O) groups is 1. The number of nitrogens with one attached hydrogen (secondary N) is 2. The molecular formula is C19H25ClN4O3. The zero-order chi connectivity index (χ0) is 19.2. The molecule has 27 heavy (non-hydrogen) atoms. The molecular weight excluding hydrogens is 368 g/mol. The van der Waals surface area contributed by atoms with Gasteiger partial charge in [0.25, 0.3) is 5.91 Å². The van der Waals surface area contributed by atoms with Gasteiger partial charge in [0.05, 0.1) is 6.61 Å². The number of ether oxygens (including phenoxy) is 1. The Morgan fingerprint density at radius 1 is 1.41 bits per heavy atom. The SMILES string of the molecule is CCN1CCC(NC(=O)c2c(NCCOC)noc2-c2ccc(Cl)cc2)C1. The quantitative estimate of drug-likeness (QED) is 0.672. The van der Waals surface area contributed by atoms with Gasteiger partial charge in [0, 0.05) is 43.4 Å². The first-order chi connectivity index (χ1) is 13.1. The molecule has 2 N–H and O–H groups in total. The molecule has 0 aliphatic carbocycles. The summed E-state index contributed by atoms with van der Waals surface area (Å²) in [6, 6.07) is 7.27. The molecule has 0 radical (unpaired) electrons. The summed E-state index contributed by atoms with van der Waals surface area (Å²) >= 11 is 5.98. The Balaban J connectivity index is 1.84. The summed E-state index contributed by atoms with van der Waals surface area (Å²) in [7, 11) is 1.62. The van der Waals surface area contributed by atoms with E-state index in [0.29, 0.717) is 35.3 Å². The van der Waals surface area contributed by atoms with Crippen molar-refractivity contribution in [2.45, 2.75) is 19.4 Å². The van der Waals surface area contributed by atoms with Crippen molar-refractivity contribution in [2.24, 2.45) is 0 Å². The lowest BCUT2D eigenvalue weighted by atomic mass is 10.1. The second-order valence-electron chi connectivity index (χ2n) is 6.51. The molecule has 1 amide bonds. The summed E-state index contributed by atoms with van der Waals surface area (Å²) in [5.41, 5.74) is 1.15. The maximum absolute atomic E-state index is 13.0. The molecule has 8 heteroatoms. The molecule has 1 saturated heterocycles. The van der Waals surface area contributed by atoms with Gasteiger partial charge in [0.1, 0.15) is 5.56 Å². The van der Waals surface area contributed by atoms with Gasteiger partial charge in [0.2, 0.25) is 0 Å². The second kappa shape index (κ2) is 9.21. The highest BCUT2D eigenvalue weighted by Crippen LogP contribution is 2.30. The summed E-state index contributed by atoms with van der Waals surface area (Å²) in [5.74, 6) is 0.651. The van der Waals surface area contributed by atoms with Gasteiger partial charge in [-0.05, 0) is 37.2 Å². The van der Waals surface area contributed by atoms with Crippen LogP contribution >= 0.6 is 11.6 Å². The minimum absolute atomic E-state index is 0.122. The number of carbonyl (C=O) groups excluding carboxylic acids is 1. The van der Waals surface area contributed by atoms with Crippen LogP contribution < -0.4 is 10.6 Å². The fourth-order valence-corrected chi connectivity index (χ4v) is 3.31. The molecule has 1 aromatic heterocycles. The number of hydrogen-bond donors (Lipinski definition) is 2. The Hall–Kier alpha value is -2.09. The van der Waals surface area contributed by atoms with Crippen molar-refractivity contribution < 1.29 is 14.1 Å². The van der Waals surface area contributed by atoms with Crippen molar-refractivity contribution in [3.8, 4) is 11.3 Å². The third-order valence-electron chi connectivity index (χ3n) is 4.68. The van der Waals surface area contributed by atoms with Crippen molar-refractivity contribution >= 4 is 23.3 Å². The molecule has 1 aliphatic heterocycles. The van der Waals surface area contributed by atoms with Crippen LogP contribution in [0, 0.1) is 0 Å². The largest absolute Gasteiger partial charge is 0.383 e. The number of nitrogens with zero attached hydrogens (tertiary/aromatic N) is 2. The van der Waals surface area contributed by atoms with Crippen LogP contribution in [0.1, 0.15) is 23.7 Å². The topological polar surface area (TPSA) is 79.6 Å². The zero-order valence-electron chi connectivity index (χ0n) is 15.6. The predicted molar refractivity (Wildman–Crippen MR) is 105 cm³/mol. The van der Waals surface area contributed by atoms with E-state index in [1.165, 1.54) is 0 Å². The van der Waals surface area contributed by atoms with Gasteiger partial charge >= 0.3 is 0 Å². The van der Waals surface area contributed by atoms with E-state index in [0.717, 1.165) is 31.6 Å². The summed E-state index contributed by atoms with van der Waals surface area (Å²) in [6.45, 7) is 5.99. The molecule has 1 fully saturated rings. The molecule has 2 heterocycles. The summed E-state index contributed by atoms with van der Waals surface area (Å²) in [5, 5.41) is 10.9. The van der Waals surface area contributed by atoms with Crippen LogP contribution in [-0.4, -0.2) is 61.9 Å². The number of methoxy groups -OCH3 is 1. The average molecular weight is 393 g/mol. The molecule has 7 nitrogen and oxygen atoms in total. The molecule has 0 saturated carbocycles. The molecule has 0 bridgehead atoms. The van der Waals surface area contributed by atoms with Crippen LogP contribution in [-0.2, 0) is 4.74 Å². The standard InChI is InChI=1S/C19H25ClN4O3/c1-3-24-10-8-15(12-24)22-19(25)16-17(13-4-6-14(20)7-5-13)27-23-18(16)21-9-11-26-2/h4-7,15H,3,8-12H2,1-2H3,(H,21,23)(H,22,25). The van der Waals surface area contributed by atoms with E-state index >= 15 is 0 Å². The van der Waals surface area contributed by atoms with E-state index in [4.69, 9.17) is 20.9 Å². The van der Waals surface area contributed by atoms with Crippen LogP contribution in [0.2, 0.25) is 5.02 Å². The van der Waals surface area contributed by atoms with Gasteiger partial charge in [-0.25, -0.2) is 0 Å². The molecule has 2 aromatic rings. The van der Waals surface area contributed by atoms with E-state index in [2.05, 4.69) is 27.6 Å². The highest BCUT2D eigenvalue weighted by atomic mass is 35.5. The molecule has 3 rings (SSSR count). The number of amides is 1. The number of anilines is 1. The first-order valence-corrected chi connectivity index (χ1v) is 9.51. The highest BCUT2D eigenvalue weighted by Gasteiger charge is 2.28. The van der Waals surface area contributed by atoms with Crippen molar-refractivity contribution in [1.82, 2.24) is 15.4 Å². The van der Waals surface area contributed by atoms with Gasteiger partial charge in [0.15, 0.2) is 11.6 Å². The maximum Gasteiger partial charge on any atom is 0.259 e. The number of likely N-dealkylation sites (tertiary alicyclic amines) is 1. The van der Waals surface area contributed by atoms with Crippen LogP contribution in [0.4, 0.5) is 5.82 Å². The lowest BCUT2D eigenvalue weighted by Crippen LogP contribution is -2.37. The van der Waals surface area contributed by atoms with E-state index in [9.17, 15) is 4.79 Å². The third-order valence-corrected chi connectivity index (χ3v) is 4.93. The van der Waals surface area contributed by atoms with Crippen molar-refractivity contribution in [3.05, 3.63) is 34.9 Å². The van der Waals surface area contributed by atoms with E-state index < -0.39 is 0 Å². The minimum atomic E-state index is -0.191. The number of aromatic nitrogens is 1. The Morgan fingerprint density at radius 2 is 2.19 bits per heavy atom. The summed E-state index contributed by atoms with van der Waals surface area (Å²) < 4.78 is 10.6. The Bertz CT molecular complexity index is 763. The van der Waals surface area contributed by atoms with E-state index in [-0.39, 0.29) is 11.9 Å². The van der Waals surface area contributed by atoms with Gasteiger partial charge in [-0.2, -0.15) is 0 Å². The monoisotopic (exact) mass is 392 g/mol. The van der Waals surface area contributed by atoms with Gasteiger partial charge in [-0.15, -0.1) is 0 Å². The smallest absolute Gasteiger partial charge is 0.259 e. The fourth-order valence-electron chi connectivity index (χ4n) is 3.19. The number of likely N-dealkylation sites (N-methyl/N-ethyl adjacent to an activating group) is 1. The lowest BCUT2D eigenvalue weighted by Gasteiger charge is -2.15. The third kappa shape index (κ3) is 4.80. The van der Waals surface area contributed by atoms with Crippen LogP contribution in [0.25, 0.3) is 11.3 Å². The molecule has 1 unspecified atom stereocenters. The second-order valence-corrected chi connectivity index (χ2v) is 6.95. The van der Waals surface area contributed by atoms with Crippen LogP contribution in [0.5, 0.6) is 0 Å². The Kier molecular flexibility index (Phi) is 6.71. The fraction of sp³-hybridized carbons (Fsp3) is 0.474. The number of rotatable bonds is 8. The van der Waals surface area contributed by atoms with Crippen molar-refractivity contribution in [2.75, 3.05) is 45.2 Å². The Labute approximate surface area is 164 Å². The maximum atomic E-state index is 13.0. The summed E-state index contributed by atoms with van der Waals surface area (Å²) in [4.78, 5) is 15.4. The van der Waals surface area contributed by atoms with E-state index in [1.54, 1.807) is 19.2 Å². The van der Waals surface area contributed by atoms with Gasteiger partial charge < -0.3 is 24.8 Å². The molecule has 0 spiro atoms. The number of benzene rings is 1. The van der Waals surface area contributed by atoms with Crippen LogP contribution in [0.3, 0.4) is 0 Å². The first-order valence-electron chi connectivity index (χ1n) is 9.14. The highest BCUT2D eigenvalue weighted by molar-refractivity contribution is 6.30.